The smallest absolute Gasteiger partial charge is 0.173 e. The summed E-state index contributed by atoms with van der Waals surface area (Å²) in [5.41, 5.74) is 2.75. The van der Waals surface area contributed by atoms with Crippen molar-refractivity contribution in [3.63, 3.8) is 0 Å². The van der Waals surface area contributed by atoms with Crippen LogP contribution in [0.4, 0.5) is 0 Å². The van der Waals surface area contributed by atoms with Crippen molar-refractivity contribution in [2.24, 2.45) is 11.8 Å². The molecule has 0 heterocycles. The van der Waals surface area contributed by atoms with Crippen molar-refractivity contribution in [1.29, 1.82) is 0 Å². The SMILES string of the molecule is CCC(CC)CC(NN)C(OC)OC. The molecule has 0 fully saturated rings. The summed E-state index contributed by atoms with van der Waals surface area (Å²) in [5.74, 6) is 6.14. The first-order chi connectivity index (χ1) is 6.73. The summed E-state index contributed by atoms with van der Waals surface area (Å²) in [6.07, 6.45) is 3.04. The molecular weight excluding hydrogens is 180 g/mol. The number of rotatable bonds is 8. The van der Waals surface area contributed by atoms with Crippen molar-refractivity contribution in [3.05, 3.63) is 0 Å². The Kier molecular flexibility index (Phi) is 8.08. The zero-order valence-corrected chi connectivity index (χ0v) is 9.75. The molecule has 1 atom stereocenters. The minimum atomic E-state index is -0.263. The summed E-state index contributed by atoms with van der Waals surface area (Å²) >= 11 is 0. The lowest BCUT2D eigenvalue weighted by Crippen LogP contribution is -2.46. The van der Waals surface area contributed by atoms with Gasteiger partial charge >= 0.3 is 0 Å². The molecule has 0 aliphatic carbocycles. The van der Waals surface area contributed by atoms with Gasteiger partial charge in [-0.1, -0.05) is 26.7 Å². The van der Waals surface area contributed by atoms with E-state index in [1.54, 1.807) is 14.2 Å². The molecule has 0 saturated heterocycles. The van der Waals surface area contributed by atoms with Crippen LogP contribution in [0.15, 0.2) is 0 Å². The lowest BCUT2D eigenvalue weighted by atomic mass is 9.95. The highest BCUT2D eigenvalue weighted by Gasteiger charge is 2.22. The number of hydrogen-bond acceptors (Lipinski definition) is 4. The van der Waals surface area contributed by atoms with Gasteiger partial charge in [-0.15, -0.1) is 0 Å². The molecule has 0 aromatic heterocycles. The maximum Gasteiger partial charge on any atom is 0.173 e. The summed E-state index contributed by atoms with van der Waals surface area (Å²) < 4.78 is 10.4. The first-order valence-corrected chi connectivity index (χ1v) is 5.25. The molecule has 0 amide bonds. The van der Waals surface area contributed by atoms with E-state index >= 15 is 0 Å². The topological polar surface area (TPSA) is 56.5 Å². The zero-order valence-electron chi connectivity index (χ0n) is 9.75. The van der Waals surface area contributed by atoms with Crippen molar-refractivity contribution < 1.29 is 9.47 Å². The Morgan fingerprint density at radius 1 is 1.14 bits per heavy atom. The van der Waals surface area contributed by atoms with E-state index in [0.717, 1.165) is 19.3 Å². The third-order valence-electron chi connectivity index (χ3n) is 2.75. The fraction of sp³-hybridized carbons (Fsp3) is 1.00. The molecule has 0 aromatic carbocycles. The van der Waals surface area contributed by atoms with Crippen molar-refractivity contribution in [2.75, 3.05) is 14.2 Å². The van der Waals surface area contributed by atoms with Gasteiger partial charge in [0.15, 0.2) is 6.29 Å². The normalized spacial score (nSPS) is 13.9. The van der Waals surface area contributed by atoms with E-state index in [1.165, 1.54) is 0 Å². The van der Waals surface area contributed by atoms with Crippen molar-refractivity contribution in [1.82, 2.24) is 5.43 Å². The predicted molar refractivity (Wildman–Crippen MR) is 57.6 cm³/mol. The van der Waals surface area contributed by atoms with Gasteiger partial charge in [-0.3, -0.25) is 11.3 Å². The van der Waals surface area contributed by atoms with Gasteiger partial charge in [0.05, 0.1) is 6.04 Å². The summed E-state index contributed by atoms with van der Waals surface area (Å²) in [7, 11) is 3.26. The van der Waals surface area contributed by atoms with Crippen LogP contribution in [0, 0.1) is 5.92 Å². The Morgan fingerprint density at radius 2 is 1.64 bits per heavy atom. The number of hydrogen-bond donors (Lipinski definition) is 2. The van der Waals surface area contributed by atoms with Crippen LogP contribution in [0.5, 0.6) is 0 Å². The molecular formula is C10H24N2O2. The molecule has 0 aromatic rings. The van der Waals surface area contributed by atoms with Gasteiger partial charge in [0.1, 0.15) is 0 Å². The van der Waals surface area contributed by atoms with Crippen LogP contribution in [0.1, 0.15) is 33.1 Å². The van der Waals surface area contributed by atoms with E-state index in [2.05, 4.69) is 19.3 Å². The monoisotopic (exact) mass is 204 g/mol. The average Bonchev–Trinajstić information content (AvgIpc) is 2.24. The standard InChI is InChI=1S/C10H24N2O2/c1-5-8(6-2)7-9(12-11)10(13-3)14-4/h8-10,12H,5-7,11H2,1-4H3. The molecule has 3 N–H and O–H groups in total. The second-order valence-corrected chi connectivity index (χ2v) is 3.53. The fourth-order valence-electron chi connectivity index (χ4n) is 1.66. The largest absolute Gasteiger partial charge is 0.354 e. The third-order valence-corrected chi connectivity index (χ3v) is 2.75. The molecule has 0 radical (unpaired) electrons. The Morgan fingerprint density at radius 3 is 1.93 bits per heavy atom. The van der Waals surface area contributed by atoms with Crippen LogP contribution in [0.25, 0.3) is 0 Å². The second kappa shape index (κ2) is 8.17. The summed E-state index contributed by atoms with van der Waals surface area (Å²) in [5, 5.41) is 0. The van der Waals surface area contributed by atoms with Gasteiger partial charge < -0.3 is 9.47 Å². The lowest BCUT2D eigenvalue weighted by molar-refractivity contribution is -0.126. The molecule has 14 heavy (non-hydrogen) atoms. The zero-order chi connectivity index (χ0) is 11.0. The quantitative estimate of drug-likeness (QED) is 0.355. The van der Waals surface area contributed by atoms with Crippen LogP contribution in [-0.2, 0) is 9.47 Å². The van der Waals surface area contributed by atoms with Gasteiger partial charge in [0, 0.05) is 14.2 Å². The number of hydrazine groups is 1. The number of nitrogens with one attached hydrogen (secondary N) is 1. The van der Waals surface area contributed by atoms with Crippen LogP contribution in [-0.4, -0.2) is 26.6 Å². The number of methoxy groups -OCH3 is 2. The van der Waals surface area contributed by atoms with Crippen LogP contribution >= 0.6 is 0 Å². The van der Waals surface area contributed by atoms with E-state index < -0.39 is 0 Å². The highest BCUT2D eigenvalue weighted by molar-refractivity contribution is 4.71. The third kappa shape index (κ3) is 4.37. The lowest BCUT2D eigenvalue weighted by Gasteiger charge is -2.27. The molecule has 0 rings (SSSR count). The van der Waals surface area contributed by atoms with Gasteiger partial charge in [-0.05, 0) is 12.3 Å². The van der Waals surface area contributed by atoms with E-state index in [0.29, 0.717) is 5.92 Å². The molecule has 0 aliphatic rings. The average molecular weight is 204 g/mol. The van der Waals surface area contributed by atoms with Crippen molar-refractivity contribution in [2.45, 2.75) is 45.4 Å². The van der Waals surface area contributed by atoms with E-state index in [4.69, 9.17) is 15.3 Å². The molecule has 86 valence electrons. The van der Waals surface area contributed by atoms with Gasteiger partial charge in [0.25, 0.3) is 0 Å². The first kappa shape index (κ1) is 13.8. The number of ether oxygens (including phenoxy) is 2. The van der Waals surface area contributed by atoms with Gasteiger partial charge in [-0.2, -0.15) is 0 Å². The Balaban J connectivity index is 4.10. The predicted octanol–water partition coefficient (Wildman–Crippen LogP) is 1.26. The number of nitrogens with two attached hydrogens (primary N) is 1. The Hall–Kier alpha value is -0.160. The highest BCUT2D eigenvalue weighted by atomic mass is 16.7. The first-order valence-electron chi connectivity index (χ1n) is 5.25. The molecule has 0 spiro atoms. The Bertz CT molecular complexity index is 125. The highest BCUT2D eigenvalue weighted by Crippen LogP contribution is 2.17. The Labute approximate surface area is 87.1 Å². The molecule has 0 aliphatic heterocycles. The van der Waals surface area contributed by atoms with E-state index in [1.807, 2.05) is 0 Å². The molecule has 4 heteroatoms. The van der Waals surface area contributed by atoms with Crippen LogP contribution < -0.4 is 11.3 Å². The van der Waals surface area contributed by atoms with Crippen molar-refractivity contribution in [3.8, 4) is 0 Å². The minimum absolute atomic E-state index is 0.0647. The summed E-state index contributed by atoms with van der Waals surface area (Å²) in [6, 6.07) is 0.0647. The molecule has 4 nitrogen and oxygen atoms in total. The second-order valence-electron chi connectivity index (χ2n) is 3.53. The maximum atomic E-state index is 5.47. The van der Waals surface area contributed by atoms with Crippen molar-refractivity contribution >= 4 is 0 Å². The minimum Gasteiger partial charge on any atom is -0.354 e. The van der Waals surface area contributed by atoms with E-state index in [9.17, 15) is 0 Å². The summed E-state index contributed by atoms with van der Waals surface area (Å²) in [4.78, 5) is 0. The molecule has 0 saturated carbocycles. The molecule has 0 bridgehead atoms. The molecule has 1 unspecified atom stereocenters. The maximum absolute atomic E-state index is 5.47. The van der Waals surface area contributed by atoms with Gasteiger partial charge in [-0.25, -0.2) is 0 Å². The van der Waals surface area contributed by atoms with Crippen LogP contribution in [0.3, 0.4) is 0 Å². The fourth-order valence-corrected chi connectivity index (χ4v) is 1.66. The van der Waals surface area contributed by atoms with Crippen LogP contribution in [0.2, 0.25) is 0 Å². The van der Waals surface area contributed by atoms with E-state index in [-0.39, 0.29) is 12.3 Å². The van der Waals surface area contributed by atoms with Gasteiger partial charge in [0.2, 0.25) is 0 Å². The summed E-state index contributed by atoms with van der Waals surface area (Å²) in [6.45, 7) is 4.38.